The molecule has 0 heterocycles. The summed E-state index contributed by atoms with van der Waals surface area (Å²) in [6.07, 6.45) is 0. The van der Waals surface area contributed by atoms with E-state index >= 15 is 0 Å². The average Bonchev–Trinajstić information content (AvgIpc) is 2.69. The first kappa shape index (κ1) is 19.6. The highest BCUT2D eigenvalue weighted by Gasteiger charge is 2.09. The van der Waals surface area contributed by atoms with Crippen molar-refractivity contribution in [1.29, 1.82) is 0 Å². The van der Waals surface area contributed by atoms with Gasteiger partial charge in [-0.05, 0) is 49.9 Å². The van der Waals surface area contributed by atoms with E-state index in [0.717, 1.165) is 30.1 Å². The molecule has 144 valence electrons. The molecule has 1 amide bonds. The molecule has 4 nitrogen and oxygen atoms in total. The lowest BCUT2D eigenvalue weighted by atomic mass is 10.1. The maximum absolute atomic E-state index is 12.4. The predicted octanol–water partition coefficient (Wildman–Crippen LogP) is 4.89. The number of carbonyl (C=O) groups excluding carboxylic acids is 1. The molecule has 0 spiro atoms. The largest absolute Gasteiger partial charge is 0.496 e. The minimum absolute atomic E-state index is 0.101. The van der Waals surface area contributed by atoms with Gasteiger partial charge in [0, 0.05) is 29.9 Å². The summed E-state index contributed by atoms with van der Waals surface area (Å²) in [6, 6.07) is 23.5. The van der Waals surface area contributed by atoms with Crippen molar-refractivity contribution >= 4 is 11.6 Å². The first-order valence-electron chi connectivity index (χ1n) is 9.32. The van der Waals surface area contributed by atoms with Crippen LogP contribution in [0.25, 0.3) is 0 Å². The van der Waals surface area contributed by atoms with Gasteiger partial charge in [-0.2, -0.15) is 0 Å². The molecule has 3 aromatic carbocycles. The number of methoxy groups -OCH3 is 1. The van der Waals surface area contributed by atoms with Crippen molar-refractivity contribution in [3.05, 3.63) is 95.1 Å². The second-order valence-electron chi connectivity index (χ2n) is 7.00. The molecule has 0 saturated carbocycles. The first-order chi connectivity index (χ1) is 13.5. The van der Waals surface area contributed by atoms with E-state index in [1.807, 2.05) is 60.7 Å². The van der Waals surface area contributed by atoms with E-state index in [-0.39, 0.29) is 5.91 Å². The molecule has 0 aliphatic heterocycles. The van der Waals surface area contributed by atoms with Crippen LogP contribution in [-0.2, 0) is 13.1 Å². The van der Waals surface area contributed by atoms with Crippen molar-refractivity contribution in [1.82, 2.24) is 4.90 Å². The number of hydrogen-bond acceptors (Lipinski definition) is 3. The van der Waals surface area contributed by atoms with E-state index in [9.17, 15) is 4.79 Å². The van der Waals surface area contributed by atoms with E-state index in [2.05, 4.69) is 36.3 Å². The van der Waals surface area contributed by atoms with E-state index in [1.54, 1.807) is 7.11 Å². The Kier molecular flexibility index (Phi) is 6.45. The summed E-state index contributed by atoms with van der Waals surface area (Å²) in [7, 11) is 3.78. The Morgan fingerprint density at radius 3 is 2.36 bits per heavy atom. The average molecular weight is 374 g/mol. The Morgan fingerprint density at radius 2 is 1.68 bits per heavy atom. The normalized spacial score (nSPS) is 10.7. The topological polar surface area (TPSA) is 41.6 Å². The molecular weight excluding hydrogens is 348 g/mol. The van der Waals surface area contributed by atoms with Crippen molar-refractivity contribution < 1.29 is 9.53 Å². The number of para-hydroxylation sites is 1. The van der Waals surface area contributed by atoms with Crippen LogP contribution in [0.3, 0.4) is 0 Å². The summed E-state index contributed by atoms with van der Waals surface area (Å²) < 4.78 is 5.47. The SMILES string of the molecule is COc1ccc(C)cc1CN(C)Cc1ccc(C(=O)Nc2ccccc2)cc1. The van der Waals surface area contributed by atoms with E-state index in [4.69, 9.17) is 4.74 Å². The Morgan fingerprint density at radius 1 is 0.964 bits per heavy atom. The number of ether oxygens (including phenoxy) is 1. The van der Waals surface area contributed by atoms with E-state index < -0.39 is 0 Å². The van der Waals surface area contributed by atoms with Crippen LogP contribution < -0.4 is 10.1 Å². The Bertz CT molecular complexity index is 921. The molecule has 1 N–H and O–H groups in total. The molecule has 0 bridgehead atoms. The van der Waals surface area contributed by atoms with Crippen LogP contribution >= 0.6 is 0 Å². The lowest BCUT2D eigenvalue weighted by Crippen LogP contribution is -2.18. The molecular formula is C24H26N2O2. The smallest absolute Gasteiger partial charge is 0.255 e. The van der Waals surface area contributed by atoms with Gasteiger partial charge in [-0.3, -0.25) is 9.69 Å². The highest BCUT2D eigenvalue weighted by Crippen LogP contribution is 2.21. The molecule has 0 aliphatic rings. The number of nitrogens with one attached hydrogen (secondary N) is 1. The van der Waals surface area contributed by atoms with Crippen LogP contribution in [-0.4, -0.2) is 25.0 Å². The number of hydrogen-bond donors (Lipinski definition) is 1. The third-order valence-corrected chi connectivity index (χ3v) is 4.58. The van der Waals surface area contributed by atoms with Crippen LogP contribution in [0.4, 0.5) is 5.69 Å². The van der Waals surface area contributed by atoms with Gasteiger partial charge in [0.15, 0.2) is 0 Å². The number of anilines is 1. The summed E-state index contributed by atoms with van der Waals surface area (Å²) in [5.74, 6) is 0.806. The zero-order chi connectivity index (χ0) is 19.9. The van der Waals surface area contributed by atoms with Crippen molar-refractivity contribution in [2.45, 2.75) is 20.0 Å². The summed E-state index contributed by atoms with van der Waals surface area (Å²) in [4.78, 5) is 14.6. The number of rotatable bonds is 7. The van der Waals surface area contributed by atoms with Crippen molar-refractivity contribution in [3.63, 3.8) is 0 Å². The maximum Gasteiger partial charge on any atom is 0.255 e. The van der Waals surface area contributed by atoms with E-state index in [0.29, 0.717) is 5.56 Å². The molecule has 0 atom stereocenters. The third-order valence-electron chi connectivity index (χ3n) is 4.58. The molecule has 0 aliphatic carbocycles. The van der Waals surface area contributed by atoms with Crippen molar-refractivity contribution in [3.8, 4) is 5.75 Å². The van der Waals surface area contributed by atoms with Gasteiger partial charge >= 0.3 is 0 Å². The zero-order valence-corrected chi connectivity index (χ0v) is 16.6. The van der Waals surface area contributed by atoms with Crippen LogP contribution in [0.1, 0.15) is 27.0 Å². The van der Waals surface area contributed by atoms with Crippen LogP contribution in [0.15, 0.2) is 72.8 Å². The van der Waals surface area contributed by atoms with Gasteiger partial charge in [-0.15, -0.1) is 0 Å². The Hall–Kier alpha value is -3.11. The lowest BCUT2D eigenvalue weighted by Gasteiger charge is -2.19. The molecule has 0 fully saturated rings. The lowest BCUT2D eigenvalue weighted by molar-refractivity contribution is 0.102. The summed E-state index contributed by atoms with van der Waals surface area (Å²) >= 11 is 0. The monoisotopic (exact) mass is 374 g/mol. The van der Waals surface area contributed by atoms with Crippen LogP contribution in [0.2, 0.25) is 0 Å². The summed E-state index contributed by atoms with van der Waals surface area (Å²) in [6.45, 7) is 3.67. The number of benzene rings is 3. The fraction of sp³-hybridized carbons (Fsp3) is 0.208. The van der Waals surface area contributed by atoms with Gasteiger partial charge < -0.3 is 10.1 Å². The molecule has 0 unspecified atom stereocenters. The van der Waals surface area contributed by atoms with Gasteiger partial charge in [0.25, 0.3) is 5.91 Å². The fourth-order valence-corrected chi connectivity index (χ4v) is 3.18. The molecule has 28 heavy (non-hydrogen) atoms. The van der Waals surface area contributed by atoms with Crippen LogP contribution in [0.5, 0.6) is 5.75 Å². The minimum atomic E-state index is -0.101. The number of aryl methyl sites for hydroxylation is 1. The molecule has 0 radical (unpaired) electrons. The zero-order valence-electron chi connectivity index (χ0n) is 16.6. The Balaban J connectivity index is 1.61. The van der Waals surface area contributed by atoms with Gasteiger partial charge in [0.05, 0.1) is 7.11 Å². The minimum Gasteiger partial charge on any atom is -0.496 e. The molecule has 4 heteroatoms. The highest BCUT2D eigenvalue weighted by molar-refractivity contribution is 6.04. The van der Waals surface area contributed by atoms with E-state index in [1.165, 1.54) is 11.1 Å². The molecule has 3 aromatic rings. The second-order valence-corrected chi connectivity index (χ2v) is 7.00. The van der Waals surface area contributed by atoms with Gasteiger partial charge in [0.2, 0.25) is 0 Å². The first-order valence-corrected chi connectivity index (χ1v) is 9.32. The molecule has 0 aromatic heterocycles. The summed E-state index contributed by atoms with van der Waals surface area (Å²) in [5, 5.41) is 2.91. The van der Waals surface area contributed by atoms with Gasteiger partial charge in [0.1, 0.15) is 5.75 Å². The predicted molar refractivity (Wildman–Crippen MR) is 114 cm³/mol. The van der Waals surface area contributed by atoms with Crippen LogP contribution in [0, 0.1) is 6.92 Å². The molecule has 0 saturated heterocycles. The quantitative estimate of drug-likeness (QED) is 0.640. The standard InChI is InChI=1S/C24H26N2O2/c1-18-9-14-23(28-3)21(15-18)17-26(2)16-19-10-12-20(13-11-19)24(27)25-22-7-5-4-6-8-22/h4-15H,16-17H2,1-3H3,(H,25,27). The van der Waals surface area contributed by atoms with Crippen molar-refractivity contribution in [2.75, 3.05) is 19.5 Å². The fourth-order valence-electron chi connectivity index (χ4n) is 3.18. The van der Waals surface area contributed by atoms with Crippen molar-refractivity contribution in [2.24, 2.45) is 0 Å². The molecule has 3 rings (SSSR count). The summed E-state index contributed by atoms with van der Waals surface area (Å²) in [5.41, 5.74) is 4.99. The Labute approximate surface area is 166 Å². The number of nitrogens with zero attached hydrogens (tertiary/aromatic N) is 1. The second kappa shape index (κ2) is 9.20. The maximum atomic E-state index is 12.4. The highest BCUT2D eigenvalue weighted by atomic mass is 16.5. The van der Waals surface area contributed by atoms with Gasteiger partial charge in [-0.1, -0.05) is 48.0 Å². The van der Waals surface area contributed by atoms with Gasteiger partial charge in [-0.25, -0.2) is 0 Å². The third kappa shape index (κ3) is 5.21. The number of carbonyl (C=O) groups is 1. The number of amides is 1.